The van der Waals surface area contributed by atoms with Gasteiger partial charge in [-0.1, -0.05) is 0 Å². The molecule has 1 aromatic heterocycles. The molecule has 0 aliphatic rings. The highest BCUT2D eigenvalue weighted by atomic mass is 33.2. The Morgan fingerprint density at radius 2 is 2.40 bits per heavy atom. The van der Waals surface area contributed by atoms with Gasteiger partial charge in [0.05, 0.1) is 10.2 Å². The molecular formula is C4H4NO3S2-. The van der Waals surface area contributed by atoms with E-state index in [-0.39, 0.29) is 5.03 Å². The van der Waals surface area contributed by atoms with Crippen molar-refractivity contribution < 1.29 is 13.3 Å². The lowest BCUT2D eigenvalue weighted by Gasteiger charge is -2.07. The first-order valence-electron chi connectivity index (χ1n) is 2.36. The van der Waals surface area contributed by atoms with E-state index < -0.39 is 20.3 Å². The van der Waals surface area contributed by atoms with Gasteiger partial charge in [-0.05, 0) is 6.07 Å². The highest BCUT2D eigenvalue weighted by Crippen LogP contribution is 2.08. The van der Waals surface area contributed by atoms with Crippen molar-refractivity contribution in [3.05, 3.63) is 18.3 Å². The minimum absolute atomic E-state index is 0.202. The van der Waals surface area contributed by atoms with Crippen molar-refractivity contribution in [2.45, 2.75) is 5.03 Å². The Morgan fingerprint density at radius 3 is 2.80 bits per heavy atom. The van der Waals surface area contributed by atoms with Crippen molar-refractivity contribution in [3.63, 3.8) is 0 Å². The van der Waals surface area contributed by atoms with Gasteiger partial charge in [0.15, 0.2) is 10.1 Å². The molecule has 10 heavy (non-hydrogen) atoms. The molecule has 0 saturated heterocycles. The van der Waals surface area contributed by atoms with E-state index in [0.717, 1.165) is 0 Å². The van der Waals surface area contributed by atoms with Crippen LogP contribution >= 0.6 is 0 Å². The largest absolute Gasteiger partial charge is 0.729 e. The molecule has 0 spiro atoms. The highest BCUT2D eigenvalue weighted by Gasteiger charge is 2.11. The molecule has 0 aliphatic heterocycles. The van der Waals surface area contributed by atoms with Gasteiger partial charge in [-0.2, -0.15) is 0 Å². The van der Waals surface area contributed by atoms with E-state index in [1.165, 1.54) is 12.3 Å². The number of aromatic nitrogens is 1. The van der Waals surface area contributed by atoms with Crippen molar-refractivity contribution in [1.82, 2.24) is 4.98 Å². The second-order valence-corrected chi connectivity index (χ2v) is 4.52. The van der Waals surface area contributed by atoms with E-state index >= 15 is 0 Å². The van der Waals surface area contributed by atoms with Crippen LogP contribution in [0.15, 0.2) is 23.4 Å². The Bertz CT molecular complexity index is 222. The van der Waals surface area contributed by atoms with Crippen molar-refractivity contribution >= 4 is 20.3 Å². The second kappa shape index (κ2) is 3.20. The lowest BCUT2D eigenvalue weighted by molar-refractivity contribution is 0.540. The Morgan fingerprint density at radius 1 is 1.70 bits per heavy atom. The summed E-state index contributed by atoms with van der Waals surface area (Å²) in [6.45, 7) is 0. The number of hydrogen-bond donors (Lipinski definition) is 1. The summed E-state index contributed by atoms with van der Waals surface area (Å²) in [5, 5.41) is 0.202. The maximum Gasteiger partial charge on any atom is 0.237 e. The standard InChI is InChI=1S/C4H5NO3S2/c6-9(10(7)8)4-2-1-3-5-4/h1-3,5H,(H,7,8)/p-1. The quantitative estimate of drug-likeness (QED) is 0.390. The molecule has 0 amide bonds. The SMILES string of the molecule is O=S([O-])[S+]([O-])c1ccc[nH]1. The van der Waals surface area contributed by atoms with E-state index in [4.69, 9.17) is 0 Å². The number of hydrogen-bond acceptors (Lipinski definition) is 3. The number of rotatable bonds is 2. The van der Waals surface area contributed by atoms with Crippen LogP contribution in [0, 0.1) is 0 Å². The first-order chi connectivity index (χ1) is 4.72. The zero-order valence-electron chi connectivity index (χ0n) is 4.77. The van der Waals surface area contributed by atoms with Crippen LogP contribution in [-0.2, 0) is 20.3 Å². The lowest BCUT2D eigenvalue weighted by atomic mass is 10.7. The van der Waals surface area contributed by atoms with Gasteiger partial charge in [0.2, 0.25) is 5.03 Å². The monoisotopic (exact) mass is 178 g/mol. The molecule has 1 rings (SSSR count). The summed E-state index contributed by atoms with van der Waals surface area (Å²) < 4.78 is 30.8. The van der Waals surface area contributed by atoms with Crippen LogP contribution in [0.1, 0.15) is 0 Å². The van der Waals surface area contributed by atoms with Crippen molar-refractivity contribution in [3.8, 4) is 0 Å². The third kappa shape index (κ3) is 1.60. The molecule has 56 valence electrons. The van der Waals surface area contributed by atoms with Crippen LogP contribution in [0.25, 0.3) is 0 Å². The fraction of sp³-hybridized carbons (Fsp3) is 0. The first-order valence-corrected chi connectivity index (χ1v) is 5.11. The molecule has 2 unspecified atom stereocenters. The molecule has 0 radical (unpaired) electrons. The summed E-state index contributed by atoms with van der Waals surface area (Å²) in [6, 6.07) is 3.03. The van der Waals surface area contributed by atoms with Gasteiger partial charge in [0.1, 0.15) is 0 Å². The molecule has 1 aromatic rings. The van der Waals surface area contributed by atoms with E-state index in [1.54, 1.807) is 6.07 Å². The van der Waals surface area contributed by atoms with E-state index in [2.05, 4.69) is 4.98 Å². The molecule has 0 saturated carbocycles. The first kappa shape index (κ1) is 7.80. The molecular weight excluding hydrogens is 174 g/mol. The summed E-state index contributed by atoms with van der Waals surface area (Å²) in [5.41, 5.74) is 0. The summed E-state index contributed by atoms with van der Waals surface area (Å²) in [5.74, 6) is 0. The minimum atomic E-state index is -2.55. The Hall–Kier alpha value is -0.300. The predicted molar refractivity (Wildman–Crippen MR) is 36.1 cm³/mol. The highest BCUT2D eigenvalue weighted by molar-refractivity contribution is 8.61. The predicted octanol–water partition coefficient (Wildman–Crippen LogP) is -0.0836. The third-order valence-corrected chi connectivity index (χ3v) is 3.01. The van der Waals surface area contributed by atoms with Gasteiger partial charge in [0, 0.05) is 12.3 Å². The van der Waals surface area contributed by atoms with Gasteiger partial charge < -0.3 is 14.1 Å². The lowest BCUT2D eigenvalue weighted by Crippen LogP contribution is -2.07. The molecule has 1 N–H and O–H groups in total. The van der Waals surface area contributed by atoms with Crippen LogP contribution in [0.2, 0.25) is 0 Å². The van der Waals surface area contributed by atoms with Gasteiger partial charge in [-0.3, -0.25) is 0 Å². The Balaban J connectivity index is 2.77. The summed E-state index contributed by atoms with van der Waals surface area (Å²) in [6.07, 6.45) is 1.51. The molecule has 6 heteroatoms. The molecule has 0 bridgehead atoms. The molecule has 2 atom stereocenters. The number of aromatic amines is 1. The van der Waals surface area contributed by atoms with Gasteiger partial charge in [-0.15, -0.1) is 0 Å². The van der Waals surface area contributed by atoms with Crippen LogP contribution < -0.4 is 0 Å². The molecule has 0 aliphatic carbocycles. The smallest absolute Gasteiger partial charge is 0.237 e. The van der Waals surface area contributed by atoms with Crippen molar-refractivity contribution in [2.24, 2.45) is 0 Å². The normalized spacial score (nSPS) is 16.6. The van der Waals surface area contributed by atoms with E-state index in [0.29, 0.717) is 0 Å². The van der Waals surface area contributed by atoms with Crippen LogP contribution in [0.3, 0.4) is 0 Å². The summed E-state index contributed by atoms with van der Waals surface area (Å²) in [7, 11) is -4.49. The topological polar surface area (TPSA) is 79.0 Å². The van der Waals surface area contributed by atoms with E-state index in [9.17, 15) is 13.3 Å². The summed E-state index contributed by atoms with van der Waals surface area (Å²) in [4.78, 5) is 2.53. The maximum atomic E-state index is 10.7. The van der Waals surface area contributed by atoms with Crippen LogP contribution in [0.5, 0.6) is 0 Å². The fourth-order valence-electron chi connectivity index (χ4n) is 0.491. The second-order valence-electron chi connectivity index (χ2n) is 1.47. The zero-order valence-corrected chi connectivity index (χ0v) is 6.41. The minimum Gasteiger partial charge on any atom is -0.729 e. The number of nitrogens with one attached hydrogen (secondary N) is 1. The van der Waals surface area contributed by atoms with Gasteiger partial charge in [0.25, 0.3) is 0 Å². The summed E-state index contributed by atoms with van der Waals surface area (Å²) >= 11 is 0. The fourth-order valence-corrected chi connectivity index (χ4v) is 1.74. The average Bonchev–Trinajstić information content (AvgIpc) is 2.36. The molecule has 0 aromatic carbocycles. The number of H-pyrrole nitrogens is 1. The Labute approximate surface area is 62.5 Å². The third-order valence-electron chi connectivity index (χ3n) is 0.873. The molecule has 4 nitrogen and oxygen atoms in total. The average molecular weight is 178 g/mol. The van der Waals surface area contributed by atoms with Crippen molar-refractivity contribution in [1.29, 1.82) is 0 Å². The van der Waals surface area contributed by atoms with E-state index in [1.807, 2.05) is 0 Å². The molecule has 0 fully saturated rings. The van der Waals surface area contributed by atoms with Gasteiger partial charge >= 0.3 is 0 Å². The van der Waals surface area contributed by atoms with Crippen molar-refractivity contribution in [2.75, 3.05) is 0 Å². The van der Waals surface area contributed by atoms with Crippen LogP contribution in [-0.4, -0.2) is 18.3 Å². The Kier molecular flexibility index (Phi) is 2.50. The van der Waals surface area contributed by atoms with Gasteiger partial charge in [-0.25, -0.2) is 4.21 Å². The van der Waals surface area contributed by atoms with Crippen LogP contribution in [0.4, 0.5) is 0 Å². The zero-order chi connectivity index (χ0) is 7.56. The molecule has 1 heterocycles. The maximum absolute atomic E-state index is 10.7.